The molecule has 3 atom stereocenters. The summed E-state index contributed by atoms with van der Waals surface area (Å²) in [6, 6.07) is 5.06. The number of imide groups is 1. The van der Waals surface area contributed by atoms with Crippen LogP contribution in [0.2, 0.25) is 0 Å². The number of hydrogen-bond donors (Lipinski definition) is 1. The minimum Gasteiger partial charge on any atom is -0.324 e. The predicted molar refractivity (Wildman–Crippen MR) is 120 cm³/mol. The molecule has 1 heterocycles. The molecule has 170 valence electrons. The molecular weight excluding hydrogens is 438 g/mol. The van der Waals surface area contributed by atoms with Gasteiger partial charge in [-0.05, 0) is 49.5 Å². The van der Waals surface area contributed by atoms with Crippen LogP contribution in [-0.4, -0.2) is 67.5 Å². The largest absolute Gasteiger partial charge is 0.324 e. The van der Waals surface area contributed by atoms with Crippen molar-refractivity contribution in [3.05, 3.63) is 24.3 Å². The summed E-state index contributed by atoms with van der Waals surface area (Å²) in [5.41, 5.74) is 0.304. The zero-order valence-electron chi connectivity index (χ0n) is 18.0. The van der Waals surface area contributed by atoms with Crippen molar-refractivity contribution in [2.24, 2.45) is 11.8 Å². The first-order valence-corrected chi connectivity index (χ1v) is 13.2. The SMILES string of the molecule is CSCCC(C(=O)Nc1cccc(S(=O)(=O)N(C)C)c1)N1C(=O)C2CCCCC2C1=O. The van der Waals surface area contributed by atoms with E-state index >= 15 is 0 Å². The van der Waals surface area contributed by atoms with E-state index in [9.17, 15) is 22.8 Å². The van der Waals surface area contributed by atoms with Gasteiger partial charge in [0.25, 0.3) is 0 Å². The molecule has 1 saturated heterocycles. The summed E-state index contributed by atoms with van der Waals surface area (Å²) in [6.07, 6.45) is 5.46. The third-order valence-electron chi connectivity index (χ3n) is 5.97. The Hall–Kier alpha value is -1.91. The van der Waals surface area contributed by atoms with Crippen molar-refractivity contribution in [3.63, 3.8) is 0 Å². The smallest absolute Gasteiger partial charge is 0.247 e. The first kappa shape index (κ1) is 23.7. The molecule has 1 aromatic rings. The van der Waals surface area contributed by atoms with E-state index in [4.69, 9.17) is 0 Å². The van der Waals surface area contributed by atoms with Crippen LogP contribution in [0.25, 0.3) is 0 Å². The number of sulfonamides is 1. The second kappa shape index (κ2) is 9.70. The monoisotopic (exact) mass is 467 g/mol. The fourth-order valence-corrected chi connectivity index (χ4v) is 5.68. The van der Waals surface area contributed by atoms with E-state index in [1.54, 1.807) is 12.1 Å². The van der Waals surface area contributed by atoms with Crippen molar-refractivity contribution in [1.82, 2.24) is 9.21 Å². The second-order valence-corrected chi connectivity index (χ2v) is 11.3. The fourth-order valence-electron chi connectivity index (χ4n) is 4.27. The molecule has 3 unspecified atom stereocenters. The number of nitrogens with zero attached hydrogens (tertiary/aromatic N) is 2. The van der Waals surface area contributed by atoms with Crippen LogP contribution in [0.1, 0.15) is 32.1 Å². The minimum atomic E-state index is -3.66. The van der Waals surface area contributed by atoms with Crippen LogP contribution in [0, 0.1) is 11.8 Å². The average molecular weight is 468 g/mol. The van der Waals surface area contributed by atoms with Crippen LogP contribution < -0.4 is 5.32 Å². The predicted octanol–water partition coefficient (Wildman–Crippen LogP) is 2.17. The summed E-state index contributed by atoms with van der Waals surface area (Å²) in [6.45, 7) is 0. The van der Waals surface area contributed by atoms with Crippen LogP contribution in [0.4, 0.5) is 5.69 Å². The molecule has 3 amide bonds. The lowest BCUT2D eigenvalue weighted by molar-refractivity contribution is -0.146. The van der Waals surface area contributed by atoms with Gasteiger partial charge in [0.15, 0.2) is 0 Å². The van der Waals surface area contributed by atoms with E-state index in [1.807, 2.05) is 6.26 Å². The molecule has 2 aliphatic rings. The number of thioether (sulfide) groups is 1. The third kappa shape index (κ3) is 4.80. The standard InChI is InChI=1S/C21H29N3O5S2/c1-23(2)31(28,29)15-8-6-7-14(13-15)22-19(25)18(11-12-30-3)24-20(26)16-9-4-5-10-17(16)21(24)27/h6-8,13,16-18H,4-5,9-12H2,1-3H3,(H,22,25). The number of carbonyl (C=O) groups is 3. The molecule has 0 aromatic heterocycles. The van der Waals surface area contributed by atoms with Crippen molar-refractivity contribution in [3.8, 4) is 0 Å². The molecule has 3 rings (SSSR count). The van der Waals surface area contributed by atoms with Crippen LogP contribution in [0.15, 0.2) is 29.2 Å². The zero-order chi connectivity index (χ0) is 22.8. The first-order valence-electron chi connectivity index (χ1n) is 10.4. The van der Waals surface area contributed by atoms with Gasteiger partial charge in [-0.25, -0.2) is 12.7 Å². The van der Waals surface area contributed by atoms with Crippen molar-refractivity contribution >= 4 is 45.2 Å². The van der Waals surface area contributed by atoms with Crippen LogP contribution in [0.5, 0.6) is 0 Å². The van der Waals surface area contributed by atoms with E-state index in [2.05, 4.69) is 5.32 Å². The van der Waals surface area contributed by atoms with Crippen molar-refractivity contribution in [2.45, 2.75) is 43.0 Å². The number of likely N-dealkylation sites (tertiary alicyclic amines) is 1. The fraction of sp³-hybridized carbons (Fsp3) is 0.571. The van der Waals surface area contributed by atoms with Gasteiger partial charge in [0.05, 0.1) is 16.7 Å². The van der Waals surface area contributed by atoms with Crippen molar-refractivity contribution < 1.29 is 22.8 Å². The Labute approximate surface area is 187 Å². The lowest BCUT2D eigenvalue weighted by Crippen LogP contribution is -2.48. The number of nitrogens with one attached hydrogen (secondary N) is 1. The molecule has 2 fully saturated rings. The molecule has 1 aliphatic heterocycles. The number of amides is 3. The molecule has 1 saturated carbocycles. The van der Waals surface area contributed by atoms with Crippen molar-refractivity contribution in [1.29, 1.82) is 0 Å². The quantitative estimate of drug-likeness (QED) is 0.588. The highest BCUT2D eigenvalue weighted by atomic mass is 32.2. The number of anilines is 1. The molecule has 1 aliphatic carbocycles. The van der Waals surface area contributed by atoms with Gasteiger partial charge in [-0.3, -0.25) is 19.3 Å². The van der Waals surface area contributed by atoms with Gasteiger partial charge in [0.2, 0.25) is 27.7 Å². The maximum absolute atomic E-state index is 13.2. The lowest BCUT2D eigenvalue weighted by Gasteiger charge is -2.26. The highest BCUT2D eigenvalue weighted by Crippen LogP contribution is 2.39. The number of benzene rings is 1. The van der Waals surface area contributed by atoms with E-state index in [-0.39, 0.29) is 28.5 Å². The van der Waals surface area contributed by atoms with E-state index in [0.717, 1.165) is 17.1 Å². The Morgan fingerprint density at radius 2 is 1.81 bits per heavy atom. The highest BCUT2D eigenvalue weighted by Gasteiger charge is 2.51. The summed E-state index contributed by atoms with van der Waals surface area (Å²) in [5, 5.41) is 2.72. The summed E-state index contributed by atoms with van der Waals surface area (Å²) in [5.74, 6) is -1.01. The Morgan fingerprint density at radius 3 is 2.35 bits per heavy atom. The Balaban J connectivity index is 1.84. The van der Waals surface area contributed by atoms with Crippen LogP contribution in [-0.2, 0) is 24.4 Å². The van der Waals surface area contributed by atoms with E-state index < -0.39 is 22.0 Å². The Bertz CT molecular complexity index is 940. The molecule has 1 N–H and O–H groups in total. The molecule has 8 nitrogen and oxygen atoms in total. The van der Waals surface area contributed by atoms with Crippen LogP contribution >= 0.6 is 11.8 Å². The van der Waals surface area contributed by atoms with Crippen LogP contribution in [0.3, 0.4) is 0 Å². The molecule has 0 radical (unpaired) electrons. The highest BCUT2D eigenvalue weighted by molar-refractivity contribution is 7.98. The summed E-state index contributed by atoms with van der Waals surface area (Å²) in [4.78, 5) is 40.4. The second-order valence-electron chi connectivity index (χ2n) is 8.15. The lowest BCUT2D eigenvalue weighted by atomic mass is 9.81. The van der Waals surface area contributed by atoms with Gasteiger partial charge in [-0.1, -0.05) is 18.9 Å². The van der Waals surface area contributed by atoms with Crippen molar-refractivity contribution in [2.75, 3.05) is 31.4 Å². The summed E-state index contributed by atoms with van der Waals surface area (Å²) >= 11 is 1.54. The van der Waals surface area contributed by atoms with Gasteiger partial charge >= 0.3 is 0 Å². The molecular formula is C21H29N3O5S2. The number of carbonyl (C=O) groups excluding carboxylic acids is 3. The molecule has 31 heavy (non-hydrogen) atoms. The maximum atomic E-state index is 13.2. The molecule has 1 aromatic carbocycles. The van der Waals surface area contributed by atoms with Gasteiger partial charge in [-0.15, -0.1) is 0 Å². The van der Waals surface area contributed by atoms with Gasteiger partial charge in [0.1, 0.15) is 6.04 Å². The number of rotatable bonds is 8. The normalized spacial score (nSPS) is 22.5. The van der Waals surface area contributed by atoms with Gasteiger partial charge in [0, 0.05) is 19.8 Å². The van der Waals surface area contributed by atoms with Gasteiger partial charge in [-0.2, -0.15) is 11.8 Å². The maximum Gasteiger partial charge on any atom is 0.247 e. The third-order valence-corrected chi connectivity index (χ3v) is 8.42. The summed E-state index contributed by atoms with van der Waals surface area (Å²) < 4.78 is 25.9. The van der Waals surface area contributed by atoms with Gasteiger partial charge < -0.3 is 5.32 Å². The number of fused-ring (bicyclic) bond motifs is 1. The first-order chi connectivity index (χ1) is 14.7. The molecule has 0 spiro atoms. The van der Waals surface area contributed by atoms with E-state index in [1.165, 1.54) is 42.9 Å². The minimum absolute atomic E-state index is 0.0512. The summed E-state index contributed by atoms with van der Waals surface area (Å²) in [7, 11) is -0.790. The Morgan fingerprint density at radius 1 is 1.19 bits per heavy atom. The Kier molecular flexibility index (Phi) is 7.43. The zero-order valence-corrected chi connectivity index (χ0v) is 19.7. The average Bonchev–Trinajstić information content (AvgIpc) is 2.99. The molecule has 0 bridgehead atoms. The molecule has 10 heteroatoms. The van der Waals surface area contributed by atoms with E-state index in [0.29, 0.717) is 30.7 Å². The number of hydrogen-bond acceptors (Lipinski definition) is 6. The topological polar surface area (TPSA) is 104 Å².